The summed E-state index contributed by atoms with van der Waals surface area (Å²) in [5, 5.41) is 17.8. The van der Waals surface area contributed by atoms with Gasteiger partial charge in [0.1, 0.15) is 0 Å². The monoisotopic (exact) mass is 300 g/mol. The molecule has 1 aliphatic heterocycles. The predicted octanol–water partition coefficient (Wildman–Crippen LogP) is 2.57. The number of benzene rings is 1. The number of hydrogen-bond acceptors (Lipinski definition) is 4. The number of hydrogen-bond donors (Lipinski definition) is 2. The number of rotatable bonds is 3. The standard InChI is InChI=1S/C16H21BN2O3/c1-15(2)16(3,4)22-17(21-15)12(10-20)8-11-6-5-7-14-13(11)9-18-19-14/h5-9,20H,10H2,1-4H3,(H,18,19). The molecule has 0 aliphatic carbocycles. The van der Waals surface area contributed by atoms with Crippen molar-refractivity contribution in [2.45, 2.75) is 38.9 Å². The molecule has 0 atom stereocenters. The van der Waals surface area contributed by atoms with Crippen LogP contribution in [0.15, 0.2) is 29.9 Å². The van der Waals surface area contributed by atoms with Gasteiger partial charge >= 0.3 is 7.12 Å². The van der Waals surface area contributed by atoms with Crippen molar-refractivity contribution < 1.29 is 14.4 Å². The zero-order chi connectivity index (χ0) is 16.0. The van der Waals surface area contributed by atoms with Crippen molar-refractivity contribution in [2.24, 2.45) is 0 Å². The van der Waals surface area contributed by atoms with Crippen molar-refractivity contribution in [3.8, 4) is 0 Å². The lowest BCUT2D eigenvalue weighted by Crippen LogP contribution is -2.41. The van der Waals surface area contributed by atoms with Crippen molar-refractivity contribution in [1.29, 1.82) is 0 Å². The third-order valence-corrected chi connectivity index (χ3v) is 4.60. The third-order valence-electron chi connectivity index (χ3n) is 4.60. The highest BCUT2D eigenvalue weighted by molar-refractivity contribution is 6.55. The molecule has 1 fully saturated rings. The van der Waals surface area contributed by atoms with E-state index in [1.54, 1.807) is 6.20 Å². The fourth-order valence-electron chi connectivity index (χ4n) is 2.50. The zero-order valence-electron chi connectivity index (χ0n) is 13.4. The number of aromatic nitrogens is 2. The van der Waals surface area contributed by atoms with Gasteiger partial charge in [0.15, 0.2) is 0 Å². The lowest BCUT2D eigenvalue weighted by Gasteiger charge is -2.32. The van der Waals surface area contributed by atoms with E-state index >= 15 is 0 Å². The molecule has 0 spiro atoms. The average Bonchev–Trinajstić information content (AvgIpc) is 2.99. The summed E-state index contributed by atoms with van der Waals surface area (Å²) >= 11 is 0. The average molecular weight is 300 g/mol. The SMILES string of the molecule is CC1(C)OB(C(=Cc2cccc3[nH]ncc23)CO)OC1(C)C. The van der Waals surface area contributed by atoms with E-state index in [1.165, 1.54) is 0 Å². The summed E-state index contributed by atoms with van der Waals surface area (Å²) in [6.07, 6.45) is 3.69. The Morgan fingerprint density at radius 3 is 2.59 bits per heavy atom. The number of nitrogens with one attached hydrogen (secondary N) is 1. The minimum Gasteiger partial charge on any atom is -0.400 e. The molecule has 0 radical (unpaired) electrons. The first-order chi connectivity index (χ1) is 10.3. The number of aliphatic hydroxyl groups excluding tert-OH is 1. The maximum atomic E-state index is 9.76. The van der Waals surface area contributed by atoms with E-state index in [-0.39, 0.29) is 6.61 Å². The fourth-order valence-corrected chi connectivity index (χ4v) is 2.50. The van der Waals surface area contributed by atoms with Crippen molar-refractivity contribution >= 4 is 24.1 Å². The van der Waals surface area contributed by atoms with Gasteiger partial charge in [0, 0.05) is 5.39 Å². The molecule has 0 unspecified atom stereocenters. The minimum atomic E-state index is -0.544. The third kappa shape index (κ3) is 2.47. The first-order valence-corrected chi connectivity index (χ1v) is 7.43. The highest BCUT2D eigenvalue weighted by atomic mass is 16.7. The lowest BCUT2D eigenvalue weighted by atomic mass is 9.77. The normalized spacial score (nSPS) is 20.8. The van der Waals surface area contributed by atoms with Crippen molar-refractivity contribution in [3.05, 3.63) is 35.4 Å². The molecule has 0 saturated carbocycles. The molecule has 22 heavy (non-hydrogen) atoms. The van der Waals surface area contributed by atoms with Crippen LogP contribution >= 0.6 is 0 Å². The van der Waals surface area contributed by atoms with Gasteiger partial charge in [-0.1, -0.05) is 18.2 Å². The highest BCUT2D eigenvalue weighted by Gasteiger charge is 2.52. The molecule has 1 aromatic carbocycles. The van der Waals surface area contributed by atoms with E-state index in [4.69, 9.17) is 9.31 Å². The van der Waals surface area contributed by atoms with E-state index in [2.05, 4.69) is 10.2 Å². The van der Waals surface area contributed by atoms with Crippen LogP contribution in [0.1, 0.15) is 33.3 Å². The molecule has 1 aromatic heterocycles. The lowest BCUT2D eigenvalue weighted by molar-refractivity contribution is 0.00578. The smallest absolute Gasteiger partial charge is 0.400 e. The van der Waals surface area contributed by atoms with E-state index < -0.39 is 18.3 Å². The van der Waals surface area contributed by atoms with E-state index in [1.807, 2.05) is 52.0 Å². The summed E-state index contributed by atoms with van der Waals surface area (Å²) in [5.41, 5.74) is 1.79. The maximum Gasteiger partial charge on any atom is 0.492 e. The molecule has 6 heteroatoms. The Kier molecular flexibility index (Phi) is 3.63. The second-order valence-corrected chi connectivity index (χ2v) is 6.64. The molecule has 5 nitrogen and oxygen atoms in total. The molecule has 2 aromatic rings. The summed E-state index contributed by atoms with van der Waals surface area (Å²) in [6, 6.07) is 5.90. The molecule has 3 rings (SSSR count). The van der Waals surface area contributed by atoms with Crippen molar-refractivity contribution in [3.63, 3.8) is 0 Å². The van der Waals surface area contributed by atoms with Gasteiger partial charge in [-0.25, -0.2) is 0 Å². The highest BCUT2D eigenvalue weighted by Crippen LogP contribution is 2.38. The number of aliphatic hydroxyl groups is 1. The van der Waals surface area contributed by atoms with Crippen LogP contribution in [-0.2, 0) is 9.31 Å². The van der Waals surface area contributed by atoms with Gasteiger partial charge in [-0.15, -0.1) is 0 Å². The van der Waals surface area contributed by atoms with Crippen LogP contribution in [0, 0.1) is 0 Å². The van der Waals surface area contributed by atoms with E-state index in [0.29, 0.717) is 5.47 Å². The van der Waals surface area contributed by atoms with E-state index in [9.17, 15) is 5.11 Å². The molecule has 2 N–H and O–H groups in total. The van der Waals surface area contributed by atoms with Crippen LogP contribution in [0.4, 0.5) is 0 Å². The molecule has 0 bridgehead atoms. The molecule has 0 amide bonds. The number of H-pyrrole nitrogens is 1. The van der Waals surface area contributed by atoms with Gasteiger partial charge in [-0.05, 0) is 44.8 Å². The Morgan fingerprint density at radius 1 is 1.27 bits per heavy atom. The van der Waals surface area contributed by atoms with Crippen LogP contribution in [-0.4, -0.2) is 40.2 Å². The largest absolute Gasteiger partial charge is 0.492 e. The first-order valence-electron chi connectivity index (χ1n) is 7.43. The van der Waals surface area contributed by atoms with Crippen LogP contribution < -0.4 is 0 Å². The minimum absolute atomic E-state index is 0.120. The summed E-state index contributed by atoms with van der Waals surface area (Å²) < 4.78 is 12.0. The summed E-state index contributed by atoms with van der Waals surface area (Å²) in [7, 11) is -0.544. The number of aromatic amines is 1. The number of fused-ring (bicyclic) bond motifs is 1. The Morgan fingerprint density at radius 2 is 1.95 bits per heavy atom. The summed E-state index contributed by atoms with van der Waals surface area (Å²) in [4.78, 5) is 0. The van der Waals surface area contributed by atoms with Gasteiger partial charge in [0.25, 0.3) is 0 Å². The quantitative estimate of drug-likeness (QED) is 0.855. The molecule has 1 saturated heterocycles. The van der Waals surface area contributed by atoms with Crippen LogP contribution in [0.25, 0.3) is 17.0 Å². The van der Waals surface area contributed by atoms with Crippen molar-refractivity contribution in [1.82, 2.24) is 10.2 Å². The van der Waals surface area contributed by atoms with Crippen molar-refractivity contribution in [2.75, 3.05) is 6.61 Å². The summed E-state index contributed by atoms with van der Waals surface area (Å²) in [5.74, 6) is 0. The topological polar surface area (TPSA) is 67.4 Å². The van der Waals surface area contributed by atoms with Crippen LogP contribution in [0.2, 0.25) is 0 Å². The van der Waals surface area contributed by atoms with Gasteiger partial charge in [-0.3, -0.25) is 5.10 Å². The second kappa shape index (κ2) is 5.23. The van der Waals surface area contributed by atoms with Gasteiger partial charge < -0.3 is 14.4 Å². The van der Waals surface area contributed by atoms with Gasteiger partial charge in [0.05, 0.1) is 29.5 Å². The van der Waals surface area contributed by atoms with E-state index in [0.717, 1.165) is 16.5 Å². The van der Waals surface area contributed by atoms with Gasteiger partial charge in [-0.2, -0.15) is 5.10 Å². The zero-order valence-corrected chi connectivity index (χ0v) is 13.4. The maximum absolute atomic E-state index is 9.76. The molecular weight excluding hydrogens is 279 g/mol. The molecule has 2 heterocycles. The Bertz CT molecular complexity index is 705. The van der Waals surface area contributed by atoms with Crippen LogP contribution in [0.3, 0.4) is 0 Å². The summed E-state index contributed by atoms with van der Waals surface area (Å²) in [6.45, 7) is 7.88. The Labute approximate surface area is 130 Å². The second-order valence-electron chi connectivity index (χ2n) is 6.64. The van der Waals surface area contributed by atoms with Gasteiger partial charge in [0.2, 0.25) is 0 Å². The Hall–Kier alpha value is -1.63. The predicted molar refractivity (Wildman–Crippen MR) is 87.2 cm³/mol. The fraction of sp³-hybridized carbons (Fsp3) is 0.438. The first kappa shape index (κ1) is 15.3. The molecule has 1 aliphatic rings. The Balaban J connectivity index is 1.97. The van der Waals surface area contributed by atoms with Crippen LogP contribution in [0.5, 0.6) is 0 Å². The molecular formula is C16H21BN2O3. The molecule has 116 valence electrons. The number of nitrogens with zero attached hydrogens (tertiary/aromatic N) is 1.